The van der Waals surface area contributed by atoms with E-state index in [4.69, 9.17) is 0 Å². The van der Waals surface area contributed by atoms with Crippen LogP contribution in [0.1, 0.15) is 63.5 Å². The summed E-state index contributed by atoms with van der Waals surface area (Å²) in [6, 6.07) is 5.85. The molecule has 0 bridgehead atoms. The number of benzene rings is 1. The van der Waals surface area contributed by atoms with Crippen molar-refractivity contribution >= 4 is 40.6 Å². The van der Waals surface area contributed by atoms with Crippen molar-refractivity contribution in [2.45, 2.75) is 68.0 Å². The number of thiophene rings is 1. The lowest BCUT2D eigenvalue weighted by Crippen LogP contribution is -2.34. The van der Waals surface area contributed by atoms with Gasteiger partial charge < -0.3 is 10.2 Å². The summed E-state index contributed by atoms with van der Waals surface area (Å²) in [6.45, 7) is 1.36. The van der Waals surface area contributed by atoms with Gasteiger partial charge in [0.15, 0.2) is 0 Å². The van der Waals surface area contributed by atoms with Crippen LogP contribution in [0.3, 0.4) is 0 Å². The van der Waals surface area contributed by atoms with Gasteiger partial charge in [0.1, 0.15) is 10.4 Å². The Bertz CT molecular complexity index is 1620. The first-order valence-corrected chi connectivity index (χ1v) is 16.6. The summed E-state index contributed by atoms with van der Waals surface area (Å²) in [5.41, 5.74) is 2.48. The number of carbonyl (C=O) groups is 1. The lowest BCUT2D eigenvalue weighted by atomic mass is 9.94. The Labute approximate surface area is 263 Å². The fraction of sp³-hybridized carbons (Fsp3) is 0.500. The van der Waals surface area contributed by atoms with Gasteiger partial charge in [-0.15, -0.1) is 36.3 Å². The maximum absolute atomic E-state index is 14.2. The van der Waals surface area contributed by atoms with E-state index in [1.165, 1.54) is 11.8 Å². The largest absolute Gasteiger partial charge is 0.522 e. The van der Waals surface area contributed by atoms with Crippen molar-refractivity contribution in [1.29, 1.82) is 0 Å². The first kappa shape index (κ1) is 30.8. The topological polar surface area (TPSA) is 70.6 Å². The molecule has 7 rings (SSSR count). The van der Waals surface area contributed by atoms with Crippen LogP contribution in [0.2, 0.25) is 0 Å². The molecule has 2 saturated carbocycles. The number of fused-ring (bicyclic) bond motifs is 2. The zero-order valence-corrected chi connectivity index (χ0v) is 25.6. The van der Waals surface area contributed by atoms with Crippen molar-refractivity contribution in [1.82, 2.24) is 19.8 Å². The molecule has 15 heteroatoms. The van der Waals surface area contributed by atoms with Crippen LogP contribution in [0.5, 0.6) is 0 Å². The molecule has 240 valence electrons. The second-order valence-corrected chi connectivity index (χ2v) is 14.0. The zero-order chi connectivity index (χ0) is 31.5. The fourth-order valence-electron chi connectivity index (χ4n) is 5.93. The maximum Gasteiger partial charge on any atom is 0.522 e. The third kappa shape index (κ3) is 6.81. The summed E-state index contributed by atoms with van der Waals surface area (Å²) >= 11 is 2.52. The summed E-state index contributed by atoms with van der Waals surface area (Å²) in [7, 11) is 0. The Morgan fingerprint density at radius 3 is 2.53 bits per heavy atom. The molecule has 45 heavy (non-hydrogen) atoms. The second-order valence-electron chi connectivity index (χ2n) is 11.8. The molecule has 2 aromatic heterocycles. The highest BCUT2D eigenvalue weighted by Crippen LogP contribution is 2.47. The van der Waals surface area contributed by atoms with E-state index in [2.05, 4.69) is 20.0 Å². The van der Waals surface area contributed by atoms with Gasteiger partial charge >= 0.3 is 12.5 Å². The molecule has 1 amide bonds. The molecule has 0 radical (unpaired) electrons. The number of ether oxygens (including phenoxy) is 1. The van der Waals surface area contributed by atoms with E-state index in [9.17, 15) is 31.1 Å². The number of aromatic nitrogens is 2. The van der Waals surface area contributed by atoms with E-state index in [1.54, 1.807) is 6.07 Å². The van der Waals surface area contributed by atoms with Crippen molar-refractivity contribution in [2.75, 3.05) is 37.3 Å². The standard InChI is InChI=1S/C30H29F6N5O2S2/c31-29(32,33)21-14-37-28(39-25(21)23-13-24-26(45-23)27(42)41(8-10-44-24)19-3-4-19)38-22-12-17-5-6-40(7-9-43-30(34,35)36)15-18(17)11-20(22)16-1-2-16/h11-14,16,19H,1-10,15H2,(H,37,38,39). The molecule has 0 saturated heterocycles. The number of halogens is 6. The molecule has 4 heterocycles. The van der Waals surface area contributed by atoms with Crippen LogP contribution in [0, 0.1) is 0 Å². The zero-order valence-electron chi connectivity index (χ0n) is 23.9. The SMILES string of the molecule is O=C1c2sc(-c3nc(Nc4cc5c(cc4C4CC4)CN(CCOC(F)(F)F)CC5)ncc3C(F)(F)F)cc2SCCN1C1CC1. The van der Waals surface area contributed by atoms with Crippen molar-refractivity contribution in [3.63, 3.8) is 0 Å². The highest BCUT2D eigenvalue weighted by molar-refractivity contribution is 7.99. The molecule has 1 aromatic carbocycles. The lowest BCUT2D eigenvalue weighted by molar-refractivity contribution is -0.325. The number of thioether (sulfide) groups is 1. The minimum absolute atomic E-state index is 0.0174. The van der Waals surface area contributed by atoms with E-state index >= 15 is 0 Å². The van der Waals surface area contributed by atoms with E-state index < -0.39 is 24.7 Å². The third-order valence-electron chi connectivity index (χ3n) is 8.46. The third-order valence-corrected chi connectivity index (χ3v) is 10.7. The van der Waals surface area contributed by atoms with E-state index in [1.807, 2.05) is 21.9 Å². The van der Waals surface area contributed by atoms with E-state index in [0.717, 1.165) is 59.9 Å². The molecule has 2 aliphatic heterocycles. The molecule has 4 aliphatic rings. The minimum atomic E-state index is -4.70. The van der Waals surface area contributed by atoms with E-state index in [-0.39, 0.29) is 40.9 Å². The highest BCUT2D eigenvalue weighted by Gasteiger charge is 2.39. The number of anilines is 2. The van der Waals surface area contributed by atoms with Crippen LogP contribution in [0.25, 0.3) is 10.6 Å². The molecule has 2 aliphatic carbocycles. The molecule has 2 fully saturated rings. The highest BCUT2D eigenvalue weighted by atomic mass is 32.2. The van der Waals surface area contributed by atoms with E-state index in [0.29, 0.717) is 47.3 Å². The molecule has 7 nitrogen and oxygen atoms in total. The summed E-state index contributed by atoms with van der Waals surface area (Å²) in [6.07, 6.45) is -4.16. The van der Waals surface area contributed by atoms with Gasteiger partial charge in [-0.1, -0.05) is 6.07 Å². The van der Waals surface area contributed by atoms with Crippen LogP contribution in [0.4, 0.5) is 38.0 Å². The van der Waals surface area contributed by atoms with Crippen LogP contribution in [-0.2, 0) is 23.9 Å². The van der Waals surface area contributed by atoms with Crippen molar-refractivity contribution in [2.24, 2.45) is 0 Å². The first-order chi connectivity index (χ1) is 21.4. The number of hydrogen-bond acceptors (Lipinski definition) is 8. The fourth-order valence-corrected chi connectivity index (χ4v) is 8.25. The molecule has 3 aromatic rings. The number of hydrogen-bond donors (Lipinski definition) is 1. The summed E-state index contributed by atoms with van der Waals surface area (Å²) in [4.78, 5) is 26.9. The van der Waals surface area contributed by atoms with Crippen LogP contribution >= 0.6 is 23.1 Å². The molecule has 0 atom stereocenters. The van der Waals surface area contributed by atoms with Crippen molar-refractivity contribution in [3.8, 4) is 10.6 Å². The average molecular weight is 670 g/mol. The Morgan fingerprint density at radius 1 is 1.02 bits per heavy atom. The molecule has 0 unspecified atom stereocenters. The van der Waals surface area contributed by atoms with Crippen molar-refractivity contribution < 1.29 is 35.9 Å². The lowest BCUT2D eigenvalue weighted by Gasteiger charge is -2.30. The summed E-state index contributed by atoms with van der Waals surface area (Å²) in [5, 5.41) is 3.18. The van der Waals surface area contributed by atoms with Gasteiger partial charge in [-0.05, 0) is 66.8 Å². The van der Waals surface area contributed by atoms with Gasteiger partial charge in [0.05, 0.1) is 17.2 Å². The van der Waals surface area contributed by atoms with Gasteiger partial charge in [0, 0.05) is 54.8 Å². The number of alkyl halides is 6. The summed E-state index contributed by atoms with van der Waals surface area (Å²) < 4.78 is 83.8. The Balaban J connectivity index is 1.17. The van der Waals surface area contributed by atoms with Gasteiger partial charge in [0.25, 0.3) is 5.91 Å². The normalized spacial score (nSPS) is 19.3. The number of rotatable bonds is 8. The molecule has 0 spiro atoms. The second kappa shape index (κ2) is 11.7. The number of nitrogens with one attached hydrogen (secondary N) is 1. The van der Waals surface area contributed by atoms with Crippen LogP contribution < -0.4 is 5.32 Å². The predicted molar refractivity (Wildman–Crippen MR) is 158 cm³/mol. The Kier molecular flexibility index (Phi) is 8.02. The smallest absolute Gasteiger partial charge is 0.334 e. The van der Waals surface area contributed by atoms with Crippen LogP contribution in [-0.4, -0.2) is 70.1 Å². The molecular formula is C30H29F6N5O2S2. The van der Waals surface area contributed by atoms with Crippen molar-refractivity contribution in [3.05, 3.63) is 51.5 Å². The molecular weight excluding hydrogens is 640 g/mol. The van der Waals surface area contributed by atoms with Crippen LogP contribution in [0.15, 0.2) is 29.3 Å². The molecule has 1 N–H and O–H groups in total. The number of carbonyl (C=O) groups excluding carboxylic acids is 1. The Hall–Kier alpha value is -2.88. The predicted octanol–water partition coefficient (Wildman–Crippen LogP) is 7.45. The average Bonchev–Trinajstić information content (AvgIpc) is 3.91. The van der Waals surface area contributed by atoms with Gasteiger partial charge in [0.2, 0.25) is 5.95 Å². The van der Waals surface area contributed by atoms with Gasteiger partial charge in [-0.2, -0.15) is 13.2 Å². The summed E-state index contributed by atoms with van der Waals surface area (Å²) in [5.74, 6) is 0.823. The monoisotopic (exact) mass is 669 g/mol. The maximum atomic E-state index is 14.2. The number of amides is 1. The Morgan fingerprint density at radius 2 is 1.82 bits per heavy atom. The number of nitrogens with zero attached hydrogens (tertiary/aromatic N) is 4. The van der Waals surface area contributed by atoms with Gasteiger partial charge in [-0.3, -0.25) is 14.4 Å². The quantitative estimate of drug-likeness (QED) is 0.250. The van der Waals surface area contributed by atoms with Gasteiger partial charge in [-0.25, -0.2) is 9.97 Å². The first-order valence-electron chi connectivity index (χ1n) is 14.8. The minimum Gasteiger partial charge on any atom is -0.334 e.